The largest absolute Gasteiger partial charge is 0.339 e. The molecule has 1 fully saturated rings. The molecule has 0 saturated carbocycles. The Morgan fingerprint density at radius 1 is 1.46 bits per heavy atom. The van der Waals surface area contributed by atoms with Gasteiger partial charge in [-0.25, -0.2) is 0 Å². The van der Waals surface area contributed by atoms with Crippen LogP contribution in [0.1, 0.15) is 23.2 Å². The summed E-state index contributed by atoms with van der Waals surface area (Å²) >= 11 is 4.92. The first-order valence-electron chi connectivity index (χ1n) is 4.31. The molecule has 0 spiro atoms. The third kappa shape index (κ3) is 1.94. The summed E-state index contributed by atoms with van der Waals surface area (Å²) in [4.78, 5) is 13.7. The fraction of sp³-hybridized carbons (Fsp3) is 0.444. The lowest BCUT2D eigenvalue weighted by Crippen LogP contribution is -2.27. The van der Waals surface area contributed by atoms with Crippen LogP contribution in [-0.2, 0) is 0 Å². The lowest BCUT2D eigenvalue weighted by molar-refractivity contribution is 0.0793. The van der Waals surface area contributed by atoms with E-state index in [1.807, 2.05) is 16.3 Å². The molecule has 0 unspecified atom stereocenters. The van der Waals surface area contributed by atoms with Crippen molar-refractivity contribution in [2.75, 3.05) is 13.1 Å². The molecule has 1 saturated heterocycles. The van der Waals surface area contributed by atoms with Gasteiger partial charge in [-0.15, -0.1) is 11.3 Å². The van der Waals surface area contributed by atoms with Crippen molar-refractivity contribution in [2.24, 2.45) is 0 Å². The topological polar surface area (TPSA) is 20.3 Å². The average Bonchev–Trinajstić information content (AvgIpc) is 2.72. The van der Waals surface area contributed by atoms with Gasteiger partial charge in [-0.3, -0.25) is 4.79 Å². The van der Waals surface area contributed by atoms with Crippen LogP contribution in [0.25, 0.3) is 0 Å². The highest BCUT2D eigenvalue weighted by Crippen LogP contribution is 2.22. The maximum absolute atomic E-state index is 11.8. The first-order valence-corrected chi connectivity index (χ1v) is 5.98. The number of likely N-dealkylation sites (tertiary alicyclic amines) is 1. The van der Waals surface area contributed by atoms with E-state index in [1.165, 1.54) is 0 Å². The lowest BCUT2D eigenvalue weighted by atomic mass is 10.3. The molecule has 0 N–H and O–H groups in total. The Morgan fingerprint density at radius 3 is 2.69 bits per heavy atom. The summed E-state index contributed by atoms with van der Waals surface area (Å²) in [6, 6.07) is 1.89. The Kier molecular flexibility index (Phi) is 2.69. The molecule has 1 aliphatic heterocycles. The molecule has 70 valence electrons. The number of rotatable bonds is 1. The quantitative estimate of drug-likeness (QED) is 0.760. The van der Waals surface area contributed by atoms with Gasteiger partial charge in [0.1, 0.15) is 0 Å². The molecule has 2 rings (SSSR count). The number of hydrogen-bond acceptors (Lipinski definition) is 2. The van der Waals surface area contributed by atoms with Gasteiger partial charge in [-0.05, 0) is 34.8 Å². The Labute approximate surface area is 89.7 Å². The molecule has 1 amide bonds. The monoisotopic (exact) mass is 259 g/mol. The van der Waals surface area contributed by atoms with E-state index in [0.717, 1.165) is 35.3 Å². The highest BCUT2D eigenvalue weighted by Gasteiger charge is 2.19. The van der Waals surface area contributed by atoms with Gasteiger partial charge < -0.3 is 4.90 Å². The maximum Gasteiger partial charge on any atom is 0.254 e. The zero-order chi connectivity index (χ0) is 9.26. The highest BCUT2D eigenvalue weighted by atomic mass is 79.9. The van der Waals surface area contributed by atoms with Crippen LogP contribution in [0.5, 0.6) is 0 Å². The summed E-state index contributed by atoms with van der Waals surface area (Å²) in [6.07, 6.45) is 2.30. The van der Waals surface area contributed by atoms with Crippen LogP contribution in [0.15, 0.2) is 15.2 Å². The number of nitrogens with zero attached hydrogens (tertiary/aromatic N) is 1. The number of carbonyl (C=O) groups excluding carboxylic acids is 1. The SMILES string of the molecule is O=C(c1csc(Br)c1)N1CCCC1. The van der Waals surface area contributed by atoms with Crippen molar-refractivity contribution >= 4 is 33.2 Å². The molecule has 0 bridgehead atoms. The molecule has 2 nitrogen and oxygen atoms in total. The van der Waals surface area contributed by atoms with Crippen molar-refractivity contribution in [2.45, 2.75) is 12.8 Å². The van der Waals surface area contributed by atoms with Crippen LogP contribution < -0.4 is 0 Å². The van der Waals surface area contributed by atoms with E-state index in [9.17, 15) is 4.79 Å². The van der Waals surface area contributed by atoms with Gasteiger partial charge in [0.25, 0.3) is 5.91 Å². The lowest BCUT2D eigenvalue weighted by Gasteiger charge is -2.13. The third-order valence-electron chi connectivity index (χ3n) is 2.21. The van der Waals surface area contributed by atoms with Crippen molar-refractivity contribution in [1.82, 2.24) is 4.90 Å². The van der Waals surface area contributed by atoms with Gasteiger partial charge in [-0.1, -0.05) is 0 Å². The number of amides is 1. The van der Waals surface area contributed by atoms with Crippen molar-refractivity contribution in [1.29, 1.82) is 0 Å². The number of thiophene rings is 1. The summed E-state index contributed by atoms with van der Waals surface area (Å²) in [5.41, 5.74) is 0.818. The molecule has 13 heavy (non-hydrogen) atoms. The van der Waals surface area contributed by atoms with Crippen LogP contribution in [-0.4, -0.2) is 23.9 Å². The molecule has 1 aromatic rings. The molecule has 4 heteroatoms. The minimum absolute atomic E-state index is 0.180. The zero-order valence-electron chi connectivity index (χ0n) is 7.12. The van der Waals surface area contributed by atoms with E-state index < -0.39 is 0 Å². The second-order valence-electron chi connectivity index (χ2n) is 3.14. The van der Waals surface area contributed by atoms with Gasteiger partial charge in [-0.2, -0.15) is 0 Å². The van der Waals surface area contributed by atoms with E-state index in [1.54, 1.807) is 11.3 Å². The van der Waals surface area contributed by atoms with Crippen molar-refractivity contribution < 1.29 is 4.79 Å². The zero-order valence-corrected chi connectivity index (χ0v) is 9.53. The van der Waals surface area contributed by atoms with Gasteiger partial charge in [0.2, 0.25) is 0 Å². The molecule has 1 aliphatic rings. The minimum Gasteiger partial charge on any atom is -0.339 e. The second-order valence-corrected chi connectivity index (χ2v) is 5.43. The van der Waals surface area contributed by atoms with Crippen LogP contribution in [0.3, 0.4) is 0 Å². The Morgan fingerprint density at radius 2 is 2.15 bits per heavy atom. The van der Waals surface area contributed by atoms with E-state index in [-0.39, 0.29) is 5.91 Å². The van der Waals surface area contributed by atoms with Crippen LogP contribution in [0, 0.1) is 0 Å². The summed E-state index contributed by atoms with van der Waals surface area (Å²) < 4.78 is 1.02. The molecular weight excluding hydrogens is 250 g/mol. The normalized spacial score (nSPS) is 16.5. The van der Waals surface area contributed by atoms with Crippen molar-refractivity contribution in [3.8, 4) is 0 Å². The molecule has 0 aliphatic carbocycles. The molecule has 0 aromatic carbocycles. The summed E-state index contributed by atoms with van der Waals surface area (Å²) in [7, 11) is 0. The van der Waals surface area contributed by atoms with E-state index >= 15 is 0 Å². The minimum atomic E-state index is 0.180. The smallest absolute Gasteiger partial charge is 0.254 e. The Hall–Kier alpha value is -0.350. The van der Waals surface area contributed by atoms with E-state index in [2.05, 4.69) is 15.9 Å². The number of carbonyl (C=O) groups is 1. The number of hydrogen-bond donors (Lipinski definition) is 0. The third-order valence-corrected chi connectivity index (χ3v) is 3.71. The van der Waals surface area contributed by atoms with Crippen molar-refractivity contribution in [3.63, 3.8) is 0 Å². The average molecular weight is 260 g/mol. The first kappa shape index (κ1) is 9.21. The van der Waals surface area contributed by atoms with Gasteiger partial charge in [0, 0.05) is 18.5 Å². The second kappa shape index (κ2) is 3.80. The Balaban J connectivity index is 2.12. The van der Waals surface area contributed by atoms with Gasteiger partial charge >= 0.3 is 0 Å². The summed E-state index contributed by atoms with van der Waals surface area (Å²) in [6.45, 7) is 1.85. The fourth-order valence-corrected chi connectivity index (χ4v) is 2.66. The highest BCUT2D eigenvalue weighted by molar-refractivity contribution is 9.11. The van der Waals surface area contributed by atoms with Crippen LogP contribution >= 0.6 is 27.3 Å². The molecule has 0 radical (unpaired) electrons. The van der Waals surface area contributed by atoms with Crippen LogP contribution in [0.2, 0.25) is 0 Å². The van der Waals surface area contributed by atoms with Crippen molar-refractivity contribution in [3.05, 3.63) is 20.8 Å². The predicted octanol–water partition coefficient (Wildman–Crippen LogP) is 2.75. The maximum atomic E-state index is 11.8. The van der Waals surface area contributed by atoms with E-state index in [4.69, 9.17) is 0 Å². The molecular formula is C9H10BrNOS. The number of halogens is 1. The molecule has 1 aromatic heterocycles. The molecule has 0 atom stereocenters. The summed E-state index contributed by atoms with van der Waals surface area (Å²) in [5, 5.41) is 1.91. The summed E-state index contributed by atoms with van der Waals surface area (Å²) in [5.74, 6) is 0.180. The van der Waals surface area contributed by atoms with Gasteiger partial charge in [0.05, 0.1) is 9.35 Å². The first-order chi connectivity index (χ1) is 6.27. The Bertz CT molecular complexity index is 317. The predicted molar refractivity (Wildman–Crippen MR) is 57.2 cm³/mol. The van der Waals surface area contributed by atoms with Gasteiger partial charge in [0.15, 0.2) is 0 Å². The molecule has 2 heterocycles. The van der Waals surface area contributed by atoms with Crippen LogP contribution in [0.4, 0.5) is 0 Å². The standard InChI is InChI=1S/C9H10BrNOS/c10-8-5-7(6-13-8)9(12)11-3-1-2-4-11/h5-6H,1-4H2. The fourth-order valence-electron chi connectivity index (χ4n) is 1.53. The van der Waals surface area contributed by atoms with E-state index in [0.29, 0.717) is 0 Å².